The van der Waals surface area contributed by atoms with Crippen LogP contribution in [0.3, 0.4) is 0 Å². The molecule has 2 aromatic rings. The van der Waals surface area contributed by atoms with Crippen LogP contribution in [0.15, 0.2) is 33.9 Å². The Balaban J connectivity index is 1.83. The van der Waals surface area contributed by atoms with Crippen LogP contribution in [0.1, 0.15) is 52.3 Å². The van der Waals surface area contributed by atoms with Gasteiger partial charge >= 0.3 is 0 Å². The molecule has 0 spiro atoms. The van der Waals surface area contributed by atoms with E-state index in [9.17, 15) is 0 Å². The molecule has 0 fully saturated rings. The molecule has 1 atom stereocenters. The molecule has 0 aliphatic rings. The van der Waals surface area contributed by atoms with Crippen molar-refractivity contribution in [2.45, 2.75) is 52.9 Å². The van der Waals surface area contributed by atoms with Gasteiger partial charge in [-0.25, -0.2) is 0 Å². The summed E-state index contributed by atoms with van der Waals surface area (Å²) in [6.07, 6.45) is 7.30. The third-order valence-corrected chi connectivity index (χ3v) is 4.39. The number of guanidine groups is 1. The van der Waals surface area contributed by atoms with Gasteiger partial charge in [-0.1, -0.05) is 44.3 Å². The minimum absolute atomic E-state index is 0.452. The third-order valence-electron chi connectivity index (χ3n) is 4.39. The van der Waals surface area contributed by atoms with Crippen LogP contribution in [0.4, 0.5) is 0 Å². The zero-order chi connectivity index (χ0) is 19.3. The van der Waals surface area contributed by atoms with Crippen LogP contribution in [0.5, 0.6) is 0 Å². The zero-order valence-corrected chi connectivity index (χ0v) is 16.7. The molecule has 2 rings (SSSR count). The van der Waals surface area contributed by atoms with E-state index in [4.69, 9.17) is 9.52 Å². The van der Waals surface area contributed by atoms with Gasteiger partial charge in [-0.15, -0.1) is 0 Å². The Bertz CT molecular complexity index is 670. The van der Waals surface area contributed by atoms with E-state index in [1.165, 1.54) is 25.7 Å². The number of hydrogen-bond donors (Lipinski definition) is 2. The Morgan fingerprint density at radius 2 is 2.11 bits per heavy atom. The lowest BCUT2D eigenvalue weighted by Crippen LogP contribution is -2.38. The van der Waals surface area contributed by atoms with E-state index in [1.54, 1.807) is 6.20 Å². The number of nitrogens with zero attached hydrogens (tertiary/aromatic N) is 4. The number of hydrogen-bond acceptors (Lipinski definition) is 5. The van der Waals surface area contributed by atoms with Gasteiger partial charge in [-0.05, 0) is 31.4 Å². The molecule has 0 aromatic carbocycles. The second-order valence-electron chi connectivity index (χ2n) is 6.54. The van der Waals surface area contributed by atoms with Gasteiger partial charge in [0.2, 0.25) is 0 Å². The summed E-state index contributed by atoms with van der Waals surface area (Å²) < 4.78 is 5.29. The van der Waals surface area contributed by atoms with Crippen molar-refractivity contribution >= 4 is 5.96 Å². The number of unbranched alkanes of at least 4 members (excludes halogenated alkanes) is 1. The fraction of sp³-hybridized carbons (Fsp3) is 0.600. The van der Waals surface area contributed by atoms with Crippen molar-refractivity contribution in [3.63, 3.8) is 0 Å². The highest BCUT2D eigenvalue weighted by molar-refractivity contribution is 5.79. The van der Waals surface area contributed by atoms with Gasteiger partial charge in [0.25, 0.3) is 5.89 Å². The minimum Gasteiger partial charge on any atom is -0.357 e. The maximum Gasteiger partial charge on any atom is 0.276 e. The lowest BCUT2D eigenvalue weighted by atomic mass is 10.00. The first-order valence-corrected chi connectivity index (χ1v) is 10.0. The number of pyridine rings is 1. The van der Waals surface area contributed by atoms with Gasteiger partial charge in [-0.2, -0.15) is 4.98 Å². The van der Waals surface area contributed by atoms with E-state index in [2.05, 4.69) is 46.5 Å². The summed E-state index contributed by atoms with van der Waals surface area (Å²) in [5, 5.41) is 10.7. The van der Waals surface area contributed by atoms with Gasteiger partial charge < -0.3 is 15.2 Å². The molecule has 0 amide bonds. The predicted molar refractivity (Wildman–Crippen MR) is 109 cm³/mol. The Kier molecular flexibility index (Phi) is 9.30. The zero-order valence-electron chi connectivity index (χ0n) is 16.7. The Morgan fingerprint density at radius 3 is 2.81 bits per heavy atom. The Labute approximate surface area is 162 Å². The molecule has 2 aromatic heterocycles. The van der Waals surface area contributed by atoms with Crippen molar-refractivity contribution < 1.29 is 4.52 Å². The first kappa shape index (κ1) is 20.9. The molecule has 0 saturated heterocycles. The van der Waals surface area contributed by atoms with Gasteiger partial charge in [0.05, 0.1) is 0 Å². The second-order valence-corrected chi connectivity index (χ2v) is 6.54. The topological polar surface area (TPSA) is 88.2 Å². The quantitative estimate of drug-likeness (QED) is 0.464. The maximum atomic E-state index is 5.29. The molecule has 7 heteroatoms. The van der Waals surface area contributed by atoms with E-state index < -0.39 is 0 Å². The highest BCUT2D eigenvalue weighted by Crippen LogP contribution is 2.13. The molecule has 27 heavy (non-hydrogen) atoms. The summed E-state index contributed by atoms with van der Waals surface area (Å²) in [4.78, 5) is 13.4. The molecule has 148 valence electrons. The predicted octanol–water partition coefficient (Wildman–Crippen LogP) is 3.45. The van der Waals surface area contributed by atoms with Crippen LogP contribution in [-0.4, -0.2) is 40.7 Å². The number of aliphatic imine (C=N–C) groups is 1. The highest BCUT2D eigenvalue weighted by atomic mass is 16.5. The monoisotopic (exact) mass is 372 g/mol. The molecular weight excluding hydrogens is 340 g/mol. The van der Waals surface area contributed by atoms with Crippen molar-refractivity contribution in [3.05, 3.63) is 30.2 Å². The molecule has 2 heterocycles. The summed E-state index contributed by atoms with van der Waals surface area (Å²) in [6, 6.07) is 5.61. The molecule has 0 aliphatic heterocycles. The second kappa shape index (κ2) is 12.0. The van der Waals surface area contributed by atoms with E-state index >= 15 is 0 Å². The largest absolute Gasteiger partial charge is 0.357 e. The summed E-state index contributed by atoms with van der Waals surface area (Å²) in [7, 11) is 0. The SMILES string of the molecule is CCCCC(CC)CN=C(NCC)NCCc1noc(-c2ccccn2)n1. The Hall–Kier alpha value is -2.44. The fourth-order valence-electron chi connectivity index (χ4n) is 2.72. The fourth-order valence-corrected chi connectivity index (χ4v) is 2.72. The Morgan fingerprint density at radius 1 is 1.22 bits per heavy atom. The average Bonchev–Trinajstić information content (AvgIpc) is 3.17. The lowest BCUT2D eigenvalue weighted by Gasteiger charge is -2.14. The van der Waals surface area contributed by atoms with E-state index in [1.807, 2.05) is 18.2 Å². The van der Waals surface area contributed by atoms with Crippen LogP contribution in [0.25, 0.3) is 11.6 Å². The normalized spacial score (nSPS) is 12.8. The highest BCUT2D eigenvalue weighted by Gasteiger charge is 2.10. The first-order chi connectivity index (χ1) is 13.3. The van der Waals surface area contributed by atoms with Gasteiger partial charge in [0.1, 0.15) is 5.69 Å². The first-order valence-electron chi connectivity index (χ1n) is 10.0. The van der Waals surface area contributed by atoms with Crippen LogP contribution in [-0.2, 0) is 6.42 Å². The van der Waals surface area contributed by atoms with Crippen molar-refractivity contribution in [2.24, 2.45) is 10.9 Å². The van der Waals surface area contributed by atoms with Crippen LogP contribution < -0.4 is 10.6 Å². The molecule has 2 N–H and O–H groups in total. The van der Waals surface area contributed by atoms with Crippen LogP contribution in [0.2, 0.25) is 0 Å². The van der Waals surface area contributed by atoms with E-state index in [-0.39, 0.29) is 0 Å². The van der Waals surface area contributed by atoms with Gasteiger partial charge in [0.15, 0.2) is 11.8 Å². The van der Waals surface area contributed by atoms with Gasteiger partial charge in [-0.3, -0.25) is 9.98 Å². The molecule has 7 nitrogen and oxygen atoms in total. The summed E-state index contributed by atoms with van der Waals surface area (Å²) in [5.74, 6) is 2.61. The molecular formula is C20H32N6O. The summed E-state index contributed by atoms with van der Waals surface area (Å²) in [5.41, 5.74) is 0.691. The number of nitrogens with one attached hydrogen (secondary N) is 2. The number of rotatable bonds is 11. The average molecular weight is 373 g/mol. The smallest absolute Gasteiger partial charge is 0.276 e. The molecule has 0 radical (unpaired) electrons. The molecule has 1 unspecified atom stereocenters. The maximum absolute atomic E-state index is 5.29. The number of aromatic nitrogens is 3. The van der Waals surface area contributed by atoms with E-state index in [0.29, 0.717) is 36.3 Å². The van der Waals surface area contributed by atoms with E-state index in [0.717, 1.165) is 19.0 Å². The molecule has 0 saturated carbocycles. The third kappa shape index (κ3) is 7.37. The minimum atomic E-state index is 0.452. The summed E-state index contributed by atoms with van der Waals surface area (Å²) >= 11 is 0. The standard InChI is InChI=1S/C20H32N6O/c1-4-7-10-16(5-2)15-24-20(21-6-3)23-14-12-18-25-19(27-26-18)17-11-8-9-13-22-17/h8-9,11,13,16H,4-7,10,12,14-15H2,1-3H3,(H2,21,23,24). The summed E-state index contributed by atoms with van der Waals surface area (Å²) in [6.45, 7) is 8.94. The molecule has 0 bridgehead atoms. The lowest BCUT2D eigenvalue weighted by molar-refractivity contribution is 0.421. The van der Waals surface area contributed by atoms with Crippen molar-refractivity contribution in [3.8, 4) is 11.6 Å². The van der Waals surface area contributed by atoms with Crippen molar-refractivity contribution in [2.75, 3.05) is 19.6 Å². The van der Waals surface area contributed by atoms with Crippen molar-refractivity contribution in [1.29, 1.82) is 0 Å². The molecule has 0 aliphatic carbocycles. The van der Waals surface area contributed by atoms with Crippen molar-refractivity contribution in [1.82, 2.24) is 25.8 Å². The van der Waals surface area contributed by atoms with Crippen LogP contribution >= 0.6 is 0 Å². The van der Waals surface area contributed by atoms with Gasteiger partial charge in [0, 0.05) is 32.3 Å². The van der Waals surface area contributed by atoms with Crippen LogP contribution in [0, 0.1) is 5.92 Å².